The van der Waals surface area contributed by atoms with Crippen LogP contribution in [0.5, 0.6) is 11.6 Å². The first-order valence-electron chi connectivity index (χ1n) is 7.73. The molecule has 0 unspecified atom stereocenters. The second kappa shape index (κ2) is 9.52. The van der Waals surface area contributed by atoms with Crippen molar-refractivity contribution in [3.8, 4) is 11.6 Å². The number of hydrogen-bond donors (Lipinski definition) is 1. The highest BCUT2D eigenvalue weighted by Gasteiger charge is 2.13. The monoisotopic (exact) mass is 330 g/mol. The van der Waals surface area contributed by atoms with Crippen molar-refractivity contribution in [2.24, 2.45) is 0 Å². The van der Waals surface area contributed by atoms with Crippen LogP contribution in [0, 0.1) is 0 Å². The van der Waals surface area contributed by atoms with Crippen molar-refractivity contribution in [3.05, 3.63) is 53.7 Å². The summed E-state index contributed by atoms with van der Waals surface area (Å²) >= 11 is 0. The van der Waals surface area contributed by atoms with Crippen molar-refractivity contribution in [1.29, 1.82) is 0 Å². The number of aromatic nitrogens is 1. The molecule has 2 aromatic rings. The number of para-hydroxylation sites is 1. The third-order valence-corrected chi connectivity index (χ3v) is 3.41. The molecule has 0 bridgehead atoms. The van der Waals surface area contributed by atoms with E-state index >= 15 is 0 Å². The topological polar surface area (TPSA) is 69.7 Å². The summed E-state index contributed by atoms with van der Waals surface area (Å²) in [6.45, 7) is 1.27. The Balaban J connectivity index is 1.93. The van der Waals surface area contributed by atoms with Gasteiger partial charge in [0.1, 0.15) is 17.9 Å². The fraction of sp³-hybridized carbons (Fsp3) is 0.333. The van der Waals surface area contributed by atoms with Crippen LogP contribution in [0.25, 0.3) is 0 Å². The largest absolute Gasteiger partial charge is 0.496 e. The number of hydrogen-bond acceptors (Lipinski definition) is 5. The molecule has 0 fully saturated rings. The van der Waals surface area contributed by atoms with Gasteiger partial charge in [0.25, 0.3) is 5.91 Å². The number of ether oxygens (including phenoxy) is 3. The van der Waals surface area contributed by atoms with Crippen molar-refractivity contribution in [2.45, 2.75) is 6.42 Å². The highest BCUT2D eigenvalue weighted by molar-refractivity contribution is 5.96. The van der Waals surface area contributed by atoms with Gasteiger partial charge in [-0.3, -0.25) is 4.79 Å². The van der Waals surface area contributed by atoms with E-state index in [1.165, 1.54) is 0 Å². The first-order valence-corrected chi connectivity index (χ1v) is 7.73. The number of nitrogens with zero attached hydrogens (tertiary/aromatic N) is 1. The van der Waals surface area contributed by atoms with Crippen LogP contribution < -0.4 is 14.8 Å². The summed E-state index contributed by atoms with van der Waals surface area (Å²) in [5.41, 5.74) is 1.46. The molecular weight excluding hydrogens is 308 g/mol. The van der Waals surface area contributed by atoms with Crippen molar-refractivity contribution >= 4 is 5.91 Å². The Labute approximate surface area is 141 Å². The Morgan fingerprint density at radius 2 is 1.96 bits per heavy atom. The maximum absolute atomic E-state index is 12.3. The van der Waals surface area contributed by atoms with Gasteiger partial charge in [-0.05, 0) is 30.2 Å². The van der Waals surface area contributed by atoms with Crippen molar-refractivity contribution in [2.75, 3.05) is 34.0 Å². The molecule has 128 valence electrons. The van der Waals surface area contributed by atoms with E-state index in [9.17, 15) is 4.79 Å². The Morgan fingerprint density at radius 1 is 1.12 bits per heavy atom. The summed E-state index contributed by atoms with van der Waals surface area (Å²) in [5.74, 6) is 0.909. The van der Waals surface area contributed by atoms with E-state index in [2.05, 4.69) is 10.3 Å². The molecule has 1 N–H and O–H groups in total. The maximum Gasteiger partial charge on any atom is 0.256 e. The lowest BCUT2D eigenvalue weighted by atomic mass is 10.1. The normalized spacial score (nSPS) is 10.2. The highest BCUT2D eigenvalue weighted by atomic mass is 16.5. The van der Waals surface area contributed by atoms with Crippen LogP contribution in [0.15, 0.2) is 42.6 Å². The molecule has 0 atom stereocenters. The summed E-state index contributed by atoms with van der Waals surface area (Å²) < 4.78 is 15.7. The van der Waals surface area contributed by atoms with E-state index in [0.29, 0.717) is 37.6 Å². The molecule has 1 aromatic heterocycles. The minimum absolute atomic E-state index is 0.217. The third-order valence-electron chi connectivity index (χ3n) is 3.41. The number of pyridine rings is 1. The molecule has 0 aliphatic rings. The molecule has 1 amide bonds. The van der Waals surface area contributed by atoms with Crippen LogP contribution in [-0.4, -0.2) is 44.9 Å². The molecule has 1 heterocycles. The number of methoxy groups -OCH3 is 2. The Bertz CT molecular complexity index is 661. The van der Waals surface area contributed by atoms with Gasteiger partial charge >= 0.3 is 0 Å². The van der Waals surface area contributed by atoms with Crippen LogP contribution in [-0.2, 0) is 11.2 Å². The average Bonchev–Trinajstić information content (AvgIpc) is 2.62. The van der Waals surface area contributed by atoms with Crippen LogP contribution >= 0.6 is 0 Å². The fourth-order valence-electron chi connectivity index (χ4n) is 2.22. The summed E-state index contributed by atoms with van der Waals surface area (Å²) in [4.78, 5) is 16.5. The van der Waals surface area contributed by atoms with Gasteiger partial charge in [0.05, 0.1) is 13.7 Å². The zero-order valence-corrected chi connectivity index (χ0v) is 14.0. The minimum atomic E-state index is -0.217. The molecule has 6 nitrogen and oxygen atoms in total. The Hall–Kier alpha value is -2.60. The van der Waals surface area contributed by atoms with Gasteiger partial charge in [-0.15, -0.1) is 0 Å². The number of carbonyl (C=O) groups is 1. The van der Waals surface area contributed by atoms with Crippen LogP contribution in [0.3, 0.4) is 0 Å². The van der Waals surface area contributed by atoms with E-state index in [0.717, 1.165) is 11.3 Å². The smallest absolute Gasteiger partial charge is 0.256 e. The molecule has 0 saturated carbocycles. The third kappa shape index (κ3) is 4.96. The maximum atomic E-state index is 12.3. The summed E-state index contributed by atoms with van der Waals surface area (Å²) in [6.07, 6.45) is 2.27. The van der Waals surface area contributed by atoms with Gasteiger partial charge in [-0.2, -0.15) is 0 Å². The van der Waals surface area contributed by atoms with Gasteiger partial charge in [0, 0.05) is 19.9 Å². The lowest BCUT2D eigenvalue weighted by molar-refractivity contribution is 0.0944. The average molecular weight is 330 g/mol. The number of nitrogens with one attached hydrogen (secondary N) is 1. The molecule has 6 heteroatoms. The van der Waals surface area contributed by atoms with Gasteiger partial charge in [0.15, 0.2) is 0 Å². The van der Waals surface area contributed by atoms with Crippen molar-refractivity contribution < 1.29 is 19.0 Å². The van der Waals surface area contributed by atoms with E-state index < -0.39 is 0 Å². The van der Waals surface area contributed by atoms with E-state index in [1.54, 1.807) is 32.5 Å². The first-order chi connectivity index (χ1) is 11.8. The lowest BCUT2D eigenvalue weighted by Crippen LogP contribution is -2.26. The van der Waals surface area contributed by atoms with Gasteiger partial charge < -0.3 is 19.5 Å². The molecule has 1 aromatic carbocycles. The van der Waals surface area contributed by atoms with Gasteiger partial charge in [-0.1, -0.05) is 18.2 Å². The summed E-state index contributed by atoms with van der Waals surface area (Å²) in [5, 5.41) is 2.88. The van der Waals surface area contributed by atoms with E-state index in [-0.39, 0.29) is 5.91 Å². The summed E-state index contributed by atoms with van der Waals surface area (Å²) in [7, 11) is 3.23. The molecular formula is C18H22N2O4. The minimum Gasteiger partial charge on any atom is -0.496 e. The van der Waals surface area contributed by atoms with Crippen LogP contribution in [0.1, 0.15) is 15.9 Å². The molecule has 0 saturated heterocycles. The lowest BCUT2D eigenvalue weighted by Gasteiger charge is -2.11. The van der Waals surface area contributed by atoms with Gasteiger partial charge in [0.2, 0.25) is 5.88 Å². The van der Waals surface area contributed by atoms with E-state index in [1.807, 2.05) is 24.3 Å². The second-order valence-corrected chi connectivity index (χ2v) is 5.02. The number of rotatable bonds is 9. The van der Waals surface area contributed by atoms with E-state index in [4.69, 9.17) is 14.2 Å². The zero-order valence-electron chi connectivity index (χ0n) is 14.0. The molecule has 0 aliphatic heterocycles. The first kappa shape index (κ1) is 17.7. The molecule has 0 radical (unpaired) electrons. The Kier molecular flexibility index (Phi) is 7.04. The second-order valence-electron chi connectivity index (χ2n) is 5.02. The Morgan fingerprint density at radius 3 is 2.75 bits per heavy atom. The zero-order chi connectivity index (χ0) is 17.2. The number of amides is 1. The molecule has 0 aliphatic carbocycles. The molecule has 24 heavy (non-hydrogen) atoms. The SMILES string of the molecule is COCCOc1ncccc1C(=O)NCCc1ccccc1OC. The highest BCUT2D eigenvalue weighted by Crippen LogP contribution is 2.18. The summed E-state index contributed by atoms with van der Waals surface area (Å²) in [6, 6.07) is 11.1. The number of carbonyl (C=O) groups excluding carboxylic acids is 1. The molecule has 0 spiro atoms. The number of benzene rings is 1. The van der Waals surface area contributed by atoms with Crippen molar-refractivity contribution in [3.63, 3.8) is 0 Å². The van der Waals surface area contributed by atoms with Crippen LogP contribution in [0.2, 0.25) is 0 Å². The molecule has 2 rings (SSSR count). The van der Waals surface area contributed by atoms with Crippen LogP contribution in [0.4, 0.5) is 0 Å². The fourth-order valence-corrected chi connectivity index (χ4v) is 2.22. The predicted molar refractivity (Wildman–Crippen MR) is 90.6 cm³/mol. The quantitative estimate of drug-likeness (QED) is 0.713. The van der Waals surface area contributed by atoms with Crippen molar-refractivity contribution in [1.82, 2.24) is 10.3 Å². The predicted octanol–water partition coefficient (Wildman–Crippen LogP) is 2.09. The van der Waals surface area contributed by atoms with Gasteiger partial charge in [-0.25, -0.2) is 4.98 Å². The standard InChI is InChI=1S/C18H22N2O4/c1-22-12-13-24-18-15(7-5-10-20-18)17(21)19-11-9-14-6-3-4-8-16(14)23-2/h3-8,10H,9,11-13H2,1-2H3,(H,19,21).